The van der Waals surface area contributed by atoms with Gasteiger partial charge in [0.15, 0.2) is 0 Å². The van der Waals surface area contributed by atoms with Gasteiger partial charge in [-0.25, -0.2) is 4.79 Å². The summed E-state index contributed by atoms with van der Waals surface area (Å²) in [6.07, 6.45) is 1.06. The van der Waals surface area contributed by atoms with Crippen LogP contribution in [-0.4, -0.2) is 34.6 Å². The summed E-state index contributed by atoms with van der Waals surface area (Å²) in [7, 11) is 0. The van der Waals surface area contributed by atoms with Crippen LogP contribution in [0.3, 0.4) is 0 Å². The van der Waals surface area contributed by atoms with E-state index in [9.17, 15) is 9.59 Å². The van der Waals surface area contributed by atoms with Gasteiger partial charge in [-0.3, -0.25) is 4.79 Å². The lowest BCUT2D eigenvalue weighted by atomic mass is 9.92. The van der Waals surface area contributed by atoms with Crippen LogP contribution in [0.15, 0.2) is 16.8 Å². The second-order valence-corrected chi connectivity index (χ2v) is 5.67. The molecule has 0 radical (unpaired) electrons. The van der Waals surface area contributed by atoms with E-state index in [1.807, 2.05) is 23.8 Å². The van der Waals surface area contributed by atoms with Gasteiger partial charge in [0.2, 0.25) is 0 Å². The molecule has 6 heteroatoms. The van der Waals surface area contributed by atoms with E-state index in [4.69, 9.17) is 5.11 Å². The predicted molar refractivity (Wildman–Crippen MR) is 73.1 cm³/mol. The maximum absolute atomic E-state index is 12.1. The fraction of sp³-hybridized carbons (Fsp3) is 0.538. The number of nitrogens with one attached hydrogen (secondary N) is 1. The number of rotatable bonds is 3. The van der Waals surface area contributed by atoms with E-state index in [0.717, 1.165) is 5.56 Å². The van der Waals surface area contributed by atoms with Crippen LogP contribution in [0.25, 0.3) is 0 Å². The van der Waals surface area contributed by atoms with E-state index in [2.05, 4.69) is 5.32 Å². The lowest BCUT2D eigenvalue weighted by Crippen LogP contribution is -2.49. The molecule has 0 spiro atoms. The van der Waals surface area contributed by atoms with Crippen molar-refractivity contribution in [3.8, 4) is 0 Å². The van der Waals surface area contributed by atoms with Gasteiger partial charge in [0.05, 0.1) is 5.92 Å². The first-order chi connectivity index (χ1) is 9.08. The zero-order valence-electron chi connectivity index (χ0n) is 10.8. The molecule has 1 saturated heterocycles. The van der Waals surface area contributed by atoms with Crippen molar-refractivity contribution < 1.29 is 14.7 Å². The SMILES string of the molecule is CC1CC(C(=O)O)CCN1C(=O)NCc1ccsc1. The molecule has 1 aliphatic heterocycles. The van der Waals surface area contributed by atoms with Crippen molar-refractivity contribution in [3.05, 3.63) is 22.4 Å². The topological polar surface area (TPSA) is 69.6 Å². The summed E-state index contributed by atoms with van der Waals surface area (Å²) in [5.41, 5.74) is 1.09. The maximum atomic E-state index is 12.1. The Labute approximate surface area is 116 Å². The molecule has 2 atom stereocenters. The van der Waals surface area contributed by atoms with Crippen molar-refractivity contribution in [2.24, 2.45) is 5.92 Å². The number of aliphatic carboxylic acids is 1. The summed E-state index contributed by atoms with van der Waals surface area (Å²) in [6.45, 7) is 2.93. The van der Waals surface area contributed by atoms with Crippen LogP contribution in [0.5, 0.6) is 0 Å². The van der Waals surface area contributed by atoms with Gasteiger partial charge in [-0.15, -0.1) is 0 Å². The Morgan fingerprint density at radius 1 is 1.58 bits per heavy atom. The van der Waals surface area contributed by atoms with Crippen molar-refractivity contribution in [1.82, 2.24) is 10.2 Å². The van der Waals surface area contributed by atoms with Gasteiger partial charge in [-0.1, -0.05) is 0 Å². The van der Waals surface area contributed by atoms with Crippen molar-refractivity contribution in [2.45, 2.75) is 32.4 Å². The minimum atomic E-state index is -0.759. The quantitative estimate of drug-likeness (QED) is 0.892. The second kappa shape index (κ2) is 6.06. The number of thiophene rings is 1. The second-order valence-electron chi connectivity index (χ2n) is 4.89. The molecule has 2 N–H and O–H groups in total. The van der Waals surface area contributed by atoms with E-state index in [0.29, 0.717) is 25.9 Å². The smallest absolute Gasteiger partial charge is 0.317 e. The van der Waals surface area contributed by atoms with Gasteiger partial charge in [0, 0.05) is 19.1 Å². The van der Waals surface area contributed by atoms with Crippen LogP contribution >= 0.6 is 11.3 Å². The minimum absolute atomic E-state index is 0.0303. The number of nitrogens with zero attached hydrogens (tertiary/aromatic N) is 1. The molecule has 0 aliphatic carbocycles. The van der Waals surface area contributed by atoms with Crippen LogP contribution < -0.4 is 5.32 Å². The van der Waals surface area contributed by atoms with Gasteiger partial charge in [0.25, 0.3) is 0 Å². The predicted octanol–water partition coefficient (Wildman–Crippen LogP) is 2.14. The summed E-state index contributed by atoms with van der Waals surface area (Å²) < 4.78 is 0. The zero-order valence-corrected chi connectivity index (χ0v) is 11.7. The molecule has 19 heavy (non-hydrogen) atoms. The van der Waals surface area contributed by atoms with Gasteiger partial charge >= 0.3 is 12.0 Å². The summed E-state index contributed by atoms with van der Waals surface area (Å²) in [5.74, 6) is -1.08. The number of likely N-dealkylation sites (tertiary alicyclic amines) is 1. The molecule has 0 saturated carbocycles. The van der Waals surface area contributed by atoms with Gasteiger partial charge in [-0.05, 0) is 42.2 Å². The lowest BCUT2D eigenvalue weighted by Gasteiger charge is -2.36. The number of hydrogen-bond acceptors (Lipinski definition) is 3. The molecule has 1 aliphatic rings. The zero-order chi connectivity index (χ0) is 13.8. The number of carbonyl (C=O) groups is 2. The highest BCUT2D eigenvalue weighted by Crippen LogP contribution is 2.23. The molecule has 1 aromatic rings. The van der Waals surface area contributed by atoms with E-state index < -0.39 is 5.97 Å². The Morgan fingerprint density at radius 3 is 2.95 bits per heavy atom. The molecule has 5 nitrogen and oxygen atoms in total. The highest BCUT2D eigenvalue weighted by molar-refractivity contribution is 7.07. The van der Waals surface area contributed by atoms with Crippen LogP contribution in [0.1, 0.15) is 25.3 Å². The highest BCUT2D eigenvalue weighted by Gasteiger charge is 2.31. The number of carboxylic acid groups (broad SMARTS) is 1. The number of hydrogen-bond donors (Lipinski definition) is 2. The van der Waals surface area contributed by atoms with Crippen LogP contribution in [0, 0.1) is 5.92 Å². The fourth-order valence-corrected chi connectivity index (χ4v) is 3.04. The maximum Gasteiger partial charge on any atom is 0.317 e. The van der Waals surface area contributed by atoms with E-state index in [-0.39, 0.29) is 18.0 Å². The number of piperidine rings is 1. The number of amides is 2. The molecule has 0 bridgehead atoms. The summed E-state index contributed by atoms with van der Waals surface area (Å²) in [4.78, 5) is 24.7. The van der Waals surface area contributed by atoms with E-state index in [1.54, 1.807) is 16.2 Å². The molecule has 2 rings (SSSR count). The van der Waals surface area contributed by atoms with E-state index in [1.165, 1.54) is 0 Å². The number of carbonyl (C=O) groups excluding carboxylic acids is 1. The van der Waals surface area contributed by atoms with Crippen molar-refractivity contribution in [2.75, 3.05) is 6.54 Å². The van der Waals surface area contributed by atoms with Gasteiger partial charge in [-0.2, -0.15) is 11.3 Å². The normalized spacial score (nSPS) is 23.1. The molecular weight excluding hydrogens is 264 g/mol. The standard InChI is InChI=1S/C13H18N2O3S/c1-9-6-11(12(16)17)2-4-15(9)13(18)14-7-10-3-5-19-8-10/h3,5,8-9,11H,2,4,6-7H2,1H3,(H,14,18)(H,16,17). The van der Waals surface area contributed by atoms with E-state index >= 15 is 0 Å². The molecule has 1 aromatic heterocycles. The third-order valence-electron chi connectivity index (χ3n) is 3.51. The monoisotopic (exact) mass is 282 g/mol. The van der Waals surface area contributed by atoms with Gasteiger partial charge in [0.1, 0.15) is 0 Å². The lowest BCUT2D eigenvalue weighted by molar-refractivity contribution is -0.143. The molecule has 2 amide bonds. The number of urea groups is 1. The molecule has 2 unspecified atom stereocenters. The Balaban J connectivity index is 1.84. The first-order valence-corrected chi connectivity index (χ1v) is 7.30. The van der Waals surface area contributed by atoms with Crippen molar-refractivity contribution in [1.29, 1.82) is 0 Å². The average Bonchev–Trinajstić information content (AvgIpc) is 2.88. The first-order valence-electron chi connectivity index (χ1n) is 6.36. The molecule has 104 valence electrons. The summed E-state index contributed by atoms with van der Waals surface area (Å²) >= 11 is 1.60. The summed E-state index contributed by atoms with van der Waals surface area (Å²) in [5, 5.41) is 15.8. The van der Waals surface area contributed by atoms with Gasteiger partial charge < -0.3 is 15.3 Å². The van der Waals surface area contributed by atoms with Crippen molar-refractivity contribution >= 4 is 23.3 Å². The fourth-order valence-electron chi connectivity index (χ4n) is 2.37. The molecule has 2 heterocycles. The molecular formula is C13H18N2O3S. The average molecular weight is 282 g/mol. The Bertz CT molecular complexity index is 447. The Morgan fingerprint density at radius 2 is 2.37 bits per heavy atom. The first kappa shape index (κ1) is 13.9. The largest absolute Gasteiger partial charge is 0.481 e. The van der Waals surface area contributed by atoms with Crippen molar-refractivity contribution in [3.63, 3.8) is 0 Å². The minimum Gasteiger partial charge on any atom is -0.481 e. The van der Waals surface area contributed by atoms with Crippen LogP contribution in [0.2, 0.25) is 0 Å². The third kappa shape index (κ3) is 3.47. The third-order valence-corrected chi connectivity index (χ3v) is 4.24. The van der Waals surface area contributed by atoms with Crippen LogP contribution in [0.4, 0.5) is 4.79 Å². The van der Waals surface area contributed by atoms with Crippen LogP contribution in [-0.2, 0) is 11.3 Å². The highest BCUT2D eigenvalue weighted by atomic mass is 32.1. The summed E-state index contributed by atoms with van der Waals surface area (Å²) in [6, 6.07) is 1.84. The number of carboxylic acids is 1. The molecule has 1 fully saturated rings. The Hall–Kier alpha value is -1.56. The molecule has 0 aromatic carbocycles. The Kier molecular flexibility index (Phi) is 4.42.